The minimum Gasteiger partial charge on any atom is -0.301 e. The maximum Gasteiger partial charge on any atom is 0.0536 e. The number of aromatic nitrogens is 2. The fraction of sp³-hybridized carbons (Fsp3) is 0.727. The first kappa shape index (κ1) is 9.71. The summed E-state index contributed by atoms with van der Waals surface area (Å²) in [6, 6.07) is 1.98. The highest BCUT2D eigenvalue weighted by Crippen LogP contribution is 2.14. The van der Waals surface area contributed by atoms with Crippen molar-refractivity contribution in [1.82, 2.24) is 14.7 Å². The third-order valence-corrected chi connectivity index (χ3v) is 2.95. The number of hydrogen-bond donors (Lipinski definition) is 0. The van der Waals surface area contributed by atoms with Crippen molar-refractivity contribution in [3.63, 3.8) is 0 Å². The van der Waals surface area contributed by atoms with E-state index in [1.165, 1.54) is 25.9 Å². The number of likely N-dealkylation sites (tertiary alicyclic amines) is 1. The third-order valence-electron chi connectivity index (χ3n) is 2.95. The van der Waals surface area contributed by atoms with Gasteiger partial charge in [0.2, 0.25) is 0 Å². The Balaban J connectivity index is 1.75. The van der Waals surface area contributed by atoms with Gasteiger partial charge in [-0.2, -0.15) is 5.10 Å². The molecule has 1 aliphatic heterocycles. The van der Waals surface area contributed by atoms with Crippen molar-refractivity contribution in [2.45, 2.75) is 26.3 Å². The van der Waals surface area contributed by atoms with Crippen LogP contribution < -0.4 is 0 Å². The summed E-state index contributed by atoms with van der Waals surface area (Å²) in [5.41, 5.74) is 0. The highest BCUT2D eigenvalue weighted by Gasteiger charge is 2.15. The SMILES string of the molecule is CC1CCCN(CCn2cccn2)C1. The number of hydrogen-bond acceptors (Lipinski definition) is 2. The van der Waals surface area contributed by atoms with Crippen LogP contribution in [0, 0.1) is 5.92 Å². The molecule has 0 bridgehead atoms. The first-order valence-electron chi connectivity index (χ1n) is 5.54. The summed E-state index contributed by atoms with van der Waals surface area (Å²) in [6.07, 6.45) is 6.64. The van der Waals surface area contributed by atoms with Gasteiger partial charge in [0, 0.05) is 25.5 Å². The highest BCUT2D eigenvalue weighted by molar-refractivity contribution is 4.78. The molecule has 3 heteroatoms. The molecule has 1 saturated heterocycles. The summed E-state index contributed by atoms with van der Waals surface area (Å²) >= 11 is 0. The smallest absolute Gasteiger partial charge is 0.0536 e. The standard InChI is InChI=1S/C11H19N3/c1-11-4-2-6-13(10-11)8-9-14-7-3-5-12-14/h3,5,7,11H,2,4,6,8-10H2,1H3. The molecule has 2 heterocycles. The molecule has 0 spiro atoms. The summed E-state index contributed by atoms with van der Waals surface area (Å²) in [6.45, 7) is 7.05. The van der Waals surface area contributed by atoms with Crippen molar-refractivity contribution in [1.29, 1.82) is 0 Å². The molecule has 0 aromatic carbocycles. The van der Waals surface area contributed by atoms with Gasteiger partial charge in [0.25, 0.3) is 0 Å². The van der Waals surface area contributed by atoms with Gasteiger partial charge < -0.3 is 4.90 Å². The van der Waals surface area contributed by atoms with Crippen LogP contribution in [-0.4, -0.2) is 34.3 Å². The minimum absolute atomic E-state index is 0.876. The summed E-state index contributed by atoms with van der Waals surface area (Å²) in [5, 5.41) is 4.21. The quantitative estimate of drug-likeness (QED) is 0.727. The summed E-state index contributed by atoms with van der Waals surface area (Å²) in [4.78, 5) is 2.55. The van der Waals surface area contributed by atoms with Crippen LogP contribution in [0.15, 0.2) is 18.5 Å². The maximum absolute atomic E-state index is 4.21. The van der Waals surface area contributed by atoms with Crippen LogP contribution in [0.3, 0.4) is 0 Å². The van der Waals surface area contributed by atoms with Gasteiger partial charge in [-0.05, 0) is 31.4 Å². The molecular formula is C11H19N3. The predicted molar refractivity (Wildman–Crippen MR) is 57.1 cm³/mol. The Morgan fingerprint density at radius 3 is 3.07 bits per heavy atom. The van der Waals surface area contributed by atoms with Crippen LogP contribution in [0.25, 0.3) is 0 Å². The van der Waals surface area contributed by atoms with Crippen LogP contribution >= 0.6 is 0 Å². The van der Waals surface area contributed by atoms with Crippen molar-refractivity contribution in [3.8, 4) is 0 Å². The molecule has 14 heavy (non-hydrogen) atoms. The molecule has 3 nitrogen and oxygen atoms in total. The second kappa shape index (κ2) is 4.60. The van der Waals surface area contributed by atoms with Crippen LogP contribution in [0.5, 0.6) is 0 Å². The lowest BCUT2D eigenvalue weighted by atomic mass is 10.0. The Kier molecular flexibility index (Phi) is 3.19. The van der Waals surface area contributed by atoms with Crippen molar-refractivity contribution >= 4 is 0 Å². The minimum atomic E-state index is 0.876. The normalized spacial score (nSPS) is 23.9. The van der Waals surface area contributed by atoms with E-state index >= 15 is 0 Å². The van der Waals surface area contributed by atoms with Gasteiger partial charge in [-0.15, -0.1) is 0 Å². The topological polar surface area (TPSA) is 21.1 Å². The zero-order valence-corrected chi connectivity index (χ0v) is 8.89. The second-order valence-corrected chi connectivity index (χ2v) is 4.32. The zero-order valence-electron chi connectivity index (χ0n) is 8.89. The van der Waals surface area contributed by atoms with Crippen molar-refractivity contribution in [3.05, 3.63) is 18.5 Å². The summed E-state index contributed by atoms with van der Waals surface area (Å²) in [5.74, 6) is 0.876. The van der Waals surface area contributed by atoms with Gasteiger partial charge in [-0.25, -0.2) is 0 Å². The van der Waals surface area contributed by atoms with Crippen LogP contribution in [-0.2, 0) is 6.54 Å². The Morgan fingerprint density at radius 1 is 1.43 bits per heavy atom. The molecular weight excluding hydrogens is 174 g/mol. The van der Waals surface area contributed by atoms with Crippen molar-refractivity contribution in [2.24, 2.45) is 5.92 Å². The number of rotatable bonds is 3. The lowest BCUT2D eigenvalue weighted by Crippen LogP contribution is -2.36. The van der Waals surface area contributed by atoms with Crippen molar-refractivity contribution in [2.75, 3.05) is 19.6 Å². The van der Waals surface area contributed by atoms with Gasteiger partial charge in [-0.1, -0.05) is 6.92 Å². The molecule has 0 N–H and O–H groups in total. The molecule has 1 aromatic heterocycles. The molecule has 1 atom stereocenters. The number of nitrogens with zero attached hydrogens (tertiary/aromatic N) is 3. The zero-order chi connectivity index (χ0) is 9.80. The summed E-state index contributed by atoms with van der Waals surface area (Å²) < 4.78 is 2.01. The molecule has 0 aliphatic carbocycles. The van der Waals surface area contributed by atoms with Gasteiger partial charge in [0.1, 0.15) is 0 Å². The van der Waals surface area contributed by atoms with E-state index in [1.54, 1.807) is 0 Å². The lowest BCUT2D eigenvalue weighted by Gasteiger charge is -2.30. The monoisotopic (exact) mass is 193 g/mol. The van der Waals surface area contributed by atoms with E-state index in [-0.39, 0.29) is 0 Å². The van der Waals surface area contributed by atoms with Gasteiger partial charge in [0.15, 0.2) is 0 Å². The average Bonchev–Trinajstić information content (AvgIpc) is 2.67. The van der Waals surface area contributed by atoms with Gasteiger partial charge in [0.05, 0.1) is 6.54 Å². The van der Waals surface area contributed by atoms with E-state index in [0.29, 0.717) is 0 Å². The average molecular weight is 193 g/mol. The van der Waals surface area contributed by atoms with Gasteiger partial charge in [-0.3, -0.25) is 4.68 Å². The molecule has 2 rings (SSSR count). The van der Waals surface area contributed by atoms with E-state index in [2.05, 4.69) is 16.9 Å². The van der Waals surface area contributed by atoms with E-state index in [0.717, 1.165) is 19.0 Å². The van der Waals surface area contributed by atoms with Gasteiger partial charge >= 0.3 is 0 Å². The number of piperidine rings is 1. The highest BCUT2D eigenvalue weighted by atomic mass is 15.3. The molecule has 1 aromatic rings. The van der Waals surface area contributed by atoms with E-state index < -0.39 is 0 Å². The Morgan fingerprint density at radius 2 is 2.36 bits per heavy atom. The first-order valence-corrected chi connectivity index (χ1v) is 5.54. The summed E-state index contributed by atoms with van der Waals surface area (Å²) in [7, 11) is 0. The van der Waals surface area contributed by atoms with E-state index in [4.69, 9.17) is 0 Å². The van der Waals surface area contributed by atoms with Crippen LogP contribution in [0.2, 0.25) is 0 Å². The Hall–Kier alpha value is -0.830. The molecule has 1 aliphatic rings. The molecule has 78 valence electrons. The Bertz CT molecular complexity index is 256. The van der Waals surface area contributed by atoms with Crippen LogP contribution in [0.1, 0.15) is 19.8 Å². The molecule has 0 amide bonds. The van der Waals surface area contributed by atoms with E-state index in [9.17, 15) is 0 Å². The third kappa shape index (κ3) is 2.58. The largest absolute Gasteiger partial charge is 0.301 e. The predicted octanol–water partition coefficient (Wildman–Crippen LogP) is 1.61. The Labute approximate surface area is 85.7 Å². The molecule has 1 unspecified atom stereocenters. The second-order valence-electron chi connectivity index (χ2n) is 4.32. The lowest BCUT2D eigenvalue weighted by molar-refractivity contribution is 0.176. The molecule has 0 saturated carbocycles. The first-order chi connectivity index (χ1) is 6.84. The fourth-order valence-electron chi connectivity index (χ4n) is 2.17. The maximum atomic E-state index is 4.21. The van der Waals surface area contributed by atoms with Crippen molar-refractivity contribution < 1.29 is 0 Å². The molecule has 0 radical (unpaired) electrons. The molecule has 1 fully saturated rings. The van der Waals surface area contributed by atoms with Crippen LogP contribution in [0.4, 0.5) is 0 Å². The fourth-order valence-corrected chi connectivity index (χ4v) is 2.17. The van der Waals surface area contributed by atoms with E-state index in [1.807, 2.05) is 23.1 Å².